The summed E-state index contributed by atoms with van der Waals surface area (Å²) in [6.45, 7) is 13.8. The molecule has 0 saturated carbocycles. The number of aryl methyl sites for hydroxylation is 2. The molecular formula is C34H30N4. The van der Waals surface area contributed by atoms with Crippen LogP contribution < -0.4 is 0 Å². The van der Waals surface area contributed by atoms with Gasteiger partial charge in [0.25, 0.3) is 0 Å². The van der Waals surface area contributed by atoms with Crippen molar-refractivity contribution < 1.29 is 0 Å². The summed E-state index contributed by atoms with van der Waals surface area (Å²) in [6.07, 6.45) is 7.25. The summed E-state index contributed by atoms with van der Waals surface area (Å²) in [5.74, 6) is 1.55. The third kappa shape index (κ3) is 3.03. The van der Waals surface area contributed by atoms with Crippen LogP contribution in [0.25, 0.3) is 45.0 Å². The Hall–Kier alpha value is -4.18. The van der Waals surface area contributed by atoms with Crippen molar-refractivity contribution in [1.29, 1.82) is 0 Å². The van der Waals surface area contributed by atoms with E-state index in [9.17, 15) is 0 Å². The Balaban J connectivity index is 1.44. The standard InChI is InChI=1S/C34H30N4/c1-19-13-21(31-35-9-7-10-36-31)15-27-29(19)23-17-26-24(18-25(23)33(27,3)4)30-20(2)14-22(16-28(30)34(26,5)6)32-37-11-8-12-38-32/h7-18H,1-6H3. The van der Waals surface area contributed by atoms with Crippen LogP contribution in [0.4, 0.5) is 0 Å². The zero-order chi connectivity index (χ0) is 26.4. The van der Waals surface area contributed by atoms with Crippen molar-refractivity contribution in [1.82, 2.24) is 19.9 Å². The maximum atomic E-state index is 4.53. The quantitative estimate of drug-likeness (QED) is 0.251. The highest BCUT2D eigenvalue weighted by molar-refractivity contribution is 5.93. The molecule has 0 unspecified atom stereocenters. The van der Waals surface area contributed by atoms with E-state index in [4.69, 9.17) is 0 Å². The van der Waals surface area contributed by atoms with Crippen molar-refractivity contribution in [3.63, 3.8) is 0 Å². The Labute approximate surface area is 223 Å². The number of hydrogen-bond acceptors (Lipinski definition) is 4. The molecule has 0 radical (unpaired) electrons. The molecular weight excluding hydrogens is 464 g/mol. The van der Waals surface area contributed by atoms with Crippen LogP contribution in [0, 0.1) is 13.8 Å². The molecule has 4 heteroatoms. The third-order valence-electron chi connectivity index (χ3n) is 8.71. The molecule has 2 aliphatic carbocycles. The molecule has 0 amide bonds. The summed E-state index contributed by atoms with van der Waals surface area (Å²) in [4.78, 5) is 18.1. The van der Waals surface area contributed by atoms with Crippen LogP contribution in [-0.4, -0.2) is 19.9 Å². The van der Waals surface area contributed by atoms with Crippen molar-refractivity contribution in [2.75, 3.05) is 0 Å². The predicted molar refractivity (Wildman–Crippen MR) is 153 cm³/mol. The molecule has 0 aliphatic heterocycles. The van der Waals surface area contributed by atoms with Crippen LogP contribution in [0.5, 0.6) is 0 Å². The minimum atomic E-state index is -0.131. The summed E-state index contributed by atoms with van der Waals surface area (Å²) in [5.41, 5.74) is 15.3. The van der Waals surface area contributed by atoms with E-state index < -0.39 is 0 Å². The Morgan fingerprint density at radius 3 is 1.21 bits per heavy atom. The topological polar surface area (TPSA) is 51.6 Å². The van der Waals surface area contributed by atoms with Gasteiger partial charge in [-0.2, -0.15) is 0 Å². The van der Waals surface area contributed by atoms with Gasteiger partial charge in [-0.1, -0.05) is 27.7 Å². The molecule has 3 aromatic carbocycles. The van der Waals surface area contributed by atoms with Gasteiger partial charge in [-0.3, -0.25) is 0 Å². The van der Waals surface area contributed by atoms with E-state index in [1.807, 2.05) is 36.9 Å². The Morgan fingerprint density at radius 2 is 0.842 bits per heavy atom. The summed E-state index contributed by atoms with van der Waals surface area (Å²) in [7, 11) is 0. The van der Waals surface area contributed by atoms with Gasteiger partial charge in [0.15, 0.2) is 11.6 Å². The second kappa shape index (κ2) is 7.67. The third-order valence-corrected chi connectivity index (χ3v) is 8.71. The molecule has 0 bridgehead atoms. The lowest BCUT2D eigenvalue weighted by molar-refractivity contribution is 0.652. The summed E-state index contributed by atoms with van der Waals surface area (Å²) in [5, 5.41) is 0. The highest BCUT2D eigenvalue weighted by atomic mass is 14.9. The highest BCUT2D eigenvalue weighted by Gasteiger charge is 2.43. The fraction of sp³-hybridized carbons (Fsp3) is 0.235. The number of fused-ring (bicyclic) bond motifs is 6. The highest BCUT2D eigenvalue weighted by Crippen LogP contribution is 2.57. The number of benzene rings is 3. The lowest BCUT2D eigenvalue weighted by atomic mass is 9.79. The van der Waals surface area contributed by atoms with Crippen LogP contribution in [0.2, 0.25) is 0 Å². The smallest absolute Gasteiger partial charge is 0.159 e. The average molecular weight is 495 g/mol. The van der Waals surface area contributed by atoms with E-state index in [1.54, 1.807) is 0 Å². The molecule has 2 aliphatic rings. The fourth-order valence-corrected chi connectivity index (χ4v) is 6.77. The van der Waals surface area contributed by atoms with Gasteiger partial charge in [-0.05, 0) is 118 Å². The first-order valence-electron chi connectivity index (χ1n) is 13.2. The summed E-state index contributed by atoms with van der Waals surface area (Å²) in [6, 6.07) is 17.8. The molecule has 0 fully saturated rings. The van der Waals surface area contributed by atoms with Gasteiger partial charge in [-0.15, -0.1) is 0 Å². The first kappa shape index (κ1) is 23.0. The first-order chi connectivity index (χ1) is 18.2. The number of aromatic nitrogens is 4. The van der Waals surface area contributed by atoms with Crippen molar-refractivity contribution in [2.45, 2.75) is 52.4 Å². The molecule has 2 heterocycles. The van der Waals surface area contributed by atoms with Gasteiger partial charge in [-0.25, -0.2) is 19.9 Å². The maximum Gasteiger partial charge on any atom is 0.159 e. The van der Waals surface area contributed by atoms with Gasteiger partial charge >= 0.3 is 0 Å². The maximum absolute atomic E-state index is 4.53. The monoisotopic (exact) mass is 494 g/mol. The first-order valence-corrected chi connectivity index (χ1v) is 13.2. The molecule has 4 nitrogen and oxygen atoms in total. The number of rotatable bonds is 2. The van der Waals surface area contributed by atoms with Gasteiger partial charge in [0.1, 0.15) is 0 Å². The van der Waals surface area contributed by atoms with E-state index in [0.717, 1.165) is 22.8 Å². The second-order valence-corrected chi connectivity index (χ2v) is 11.8. The fourth-order valence-electron chi connectivity index (χ4n) is 6.77. The molecule has 7 rings (SSSR count). The van der Waals surface area contributed by atoms with Gasteiger partial charge < -0.3 is 0 Å². The lowest BCUT2D eigenvalue weighted by Gasteiger charge is -2.24. The molecule has 5 aromatic rings. The van der Waals surface area contributed by atoms with Crippen molar-refractivity contribution >= 4 is 0 Å². The predicted octanol–water partition coefficient (Wildman–Crippen LogP) is 7.83. The van der Waals surface area contributed by atoms with E-state index in [2.05, 4.69) is 97.9 Å². The van der Waals surface area contributed by atoms with E-state index in [1.165, 1.54) is 55.6 Å². The van der Waals surface area contributed by atoms with Crippen LogP contribution in [0.3, 0.4) is 0 Å². The molecule has 2 aromatic heterocycles. The number of hydrogen-bond donors (Lipinski definition) is 0. The van der Waals surface area contributed by atoms with Gasteiger partial charge in [0.05, 0.1) is 0 Å². The number of nitrogens with zero attached hydrogens (tertiary/aromatic N) is 4. The normalized spacial score (nSPS) is 15.5. The van der Waals surface area contributed by atoms with Crippen LogP contribution in [-0.2, 0) is 10.8 Å². The second-order valence-electron chi connectivity index (χ2n) is 11.8. The minimum Gasteiger partial charge on any atom is -0.237 e. The van der Waals surface area contributed by atoms with E-state index in [-0.39, 0.29) is 10.8 Å². The average Bonchev–Trinajstić information content (AvgIpc) is 3.28. The summed E-state index contributed by atoms with van der Waals surface area (Å²) >= 11 is 0. The SMILES string of the molecule is Cc1cc(-c2ncccn2)cc2c1-c1cc3c(cc1C2(C)C)-c1c(C)cc(-c2ncccn2)cc1C3(C)C. The zero-order valence-electron chi connectivity index (χ0n) is 22.7. The molecule has 0 spiro atoms. The molecule has 0 N–H and O–H groups in total. The van der Waals surface area contributed by atoms with Gasteiger partial charge in [0.2, 0.25) is 0 Å². The van der Waals surface area contributed by atoms with Crippen LogP contribution >= 0.6 is 0 Å². The minimum absolute atomic E-state index is 0.131. The van der Waals surface area contributed by atoms with E-state index >= 15 is 0 Å². The van der Waals surface area contributed by atoms with Crippen molar-refractivity contribution in [3.05, 3.63) is 107 Å². The molecule has 38 heavy (non-hydrogen) atoms. The van der Waals surface area contributed by atoms with Crippen molar-refractivity contribution in [3.8, 4) is 45.0 Å². The van der Waals surface area contributed by atoms with Crippen molar-refractivity contribution in [2.24, 2.45) is 0 Å². The Bertz CT molecular complexity index is 1630. The Morgan fingerprint density at radius 1 is 0.474 bits per heavy atom. The molecule has 0 atom stereocenters. The van der Waals surface area contributed by atoms with Crippen LogP contribution in [0.1, 0.15) is 61.1 Å². The Kier molecular flexibility index (Phi) is 4.64. The van der Waals surface area contributed by atoms with E-state index in [0.29, 0.717) is 0 Å². The molecule has 0 saturated heterocycles. The zero-order valence-corrected chi connectivity index (χ0v) is 22.7. The molecule has 186 valence electrons. The lowest BCUT2D eigenvalue weighted by Crippen LogP contribution is -2.17. The van der Waals surface area contributed by atoms with Crippen LogP contribution in [0.15, 0.2) is 73.3 Å². The van der Waals surface area contributed by atoms with Gasteiger partial charge in [0, 0.05) is 46.7 Å². The largest absolute Gasteiger partial charge is 0.237 e. The summed E-state index contributed by atoms with van der Waals surface area (Å²) < 4.78 is 0.